The molecule has 2 rings (SSSR count). The highest BCUT2D eigenvalue weighted by molar-refractivity contribution is 5.76. The first kappa shape index (κ1) is 10.4. The van der Waals surface area contributed by atoms with E-state index < -0.39 is 0 Å². The number of amidine groups is 1. The molecular formula is C11H13N5. The second-order valence-electron chi connectivity index (χ2n) is 3.60. The Morgan fingerprint density at radius 1 is 1.56 bits per heavy atom. The lowest BCUT2D eigenvalue weighted by molar-refractivity contribution is 0.696. The molecule has 0 aromatic carbocycles. The largest absolute Gasteiger partial charge is 0.386 e. The zero-order valence-electron chi connectivity index (χ0n) is 9.01. The van der Waals surface area contributed by atoms with Crippen LogP contribution in [0.1, 0.15) is 5.69 Å². The van der Waals surface area contributed by atoms with Crippen LogP contribution in [0.5, 0.6) is 0 Å². The van der Waals surface area contributed by atoms with E-state index in [-0.39, 0.29) is 5.84 Å². The third-order valence-electron chi connectivity index (χ3n) is 2.26. The third kappa shape index (κ3) is 2.08. The van der Waals surface area contributed by atoms with Crippen molar-refractivity contribution in [1.29, 1.82) is 5.41 Å². The van der Waals surface area contributed by atoms with Crippen LogP contribution in [0.25, 0.3) is 11.3 Å². The van der Waals surface area contributed by atoms with Crippen LogP contribution >= 0.6 is 0 Å². The monoisotopic (exact) mass is 215 g/mol. The van der Waals surface area contributed by atoms with Gasteiger partial charge in [-0.2, -0.15) is 5.10 Å². The molecule has 0 aliphatic rings. The number of aromatic nitrogens is 3. The van der Waals surface area contributed by atoms with Gasteiger partial charge in [0.25, 0.3) is 0 Å². The second kappa shape index (κ2) is 4.14. The predicted octanol–water partition coefficient (Wildman–Crippen LogP) is 1.19. The zero-order valence-corrected chi connectivity index (χ0v) is 9.01. The molecule has 3 N–H and O–H groups in total. The summed E-state index contributed by atoms with van der Waals surface area (Å²) in [6.45, 7) is 2.27. The lowest BCUT2D eigenvalue weighted by atomic mass is 10.2. The Bertz CT molecular complexity index is 500. The highest BCUT2D eigenvalue weighted by atomic mass is 15.3. The average molecular weight is 215 g/mol. The van der Waals surface area contributed by atoms with Gasteiger partial charge in [0.15, 0.2) is 0 Å². The van der Waals surface area contributed by atoms with Gasteiger partial charge in [0.2, 0.25) is 0 Å². The molecular weight excluding hydrogens is 202 g/mol. The van der Waals surface area contributed by atoms with Gasteiger partial charge >= 0.3 is 0 Å². The lowest BCUT2D eigenvalue weighted by Gasteiger charge is -2.01. The fourth-order valence-electron chi connectivity index (χ4n) is 1.49. The number of aryl methyl sites for hydroxylation is 1. The summed E-state index contributed by atoms with van der Waals surface area (Å²) in [7, 11) is 0. The van der Waals surface area contributed by atoms with Crippen molar-refractivity contribution in [1.82, 2.24) is 14.8 Å². The quantitative estimate of drug-likeness (QED) is 0.596. The van der Waals surface area contributed by atoms with Crippen molar-refractivity contribution in [3.05, 3.63) is 36.3 Å². The molecule has 16 heavy (non-hydrogen) atoms. The number of pyridine rings is 1. The summed E-state index contributed by atoms with van der Waals surface area (Å²) in [6, 6.07) is 5.78. The van der Waals surface area contributed by atoms with Crippen molar-refractivity contribution in [3.63, 3.8) is 0 Å². The summed E-state index contributed by atoms with van der Waals surface area (Å²) in [5.74, 6) is 0.101. The van der Waals surface area contributed by atoms with Gasteiger partial charge in [0.1, 0.15) is 5.84 Å². The maximum absolute atomic E-state index is 7.25. The number of nitrogens with two attached hydrogens (primary N) is 1. The maximum atomic E-state index is 7.25. The minimum Gasteiger partial charge on any atom is -0.386 e. The van der Waals surface area contributed by atoms with Gasteiger partial charge in [0.05, 0.1) is 12.2 Å². The van der Waals surface area contributed by atoms with Crippen molar-refractivity contribution in [3.8, 4) is 11.3 Å². The Morgan fingerprint density at radius 2 is 2.38 bits per heavy atom. The van der Waals surface area contributed by atoms with Crippen LogP contribution in [0.15, 0.2) is 30.6 Å². The normalized spacial score (nSPS) is 10.3. The van der Waals surface area contributed by atoms with Crippen LogP contribution in [0.3, 0.4) is 0 Å². The van der Waals surface area contributed by atoms with Gasteiger partial charge in [-0.25, -0.2) is 0 Å². The van der Waals surface area contributed by atoms with Gasteiger partial charge < -0.3 is 5.73 Å². The number of nitrogens with one attached hydrogen (secondary N) is 1. The summed E-state index contributed by atoms with van der Waals surface area (Å²) in [5.41, 5.74) is 8.15. The molecule has 0 bridgehead atoms. The fraction of sp³-hybridized carbons (Fsp3) is 0.182. The summed E-state index contributed by atoms with van der Waals surface area (Å²) in [5, 5.41) is 11.6. The van der Waals surface area contributed by atoms with Crippen molar-refractivity contribution in [2.75, 3.05) is 0 Å². The van der Waals surface area contributed by atoms with E-state index in [1.165, 1.54) is 0 Å². The van der Waals surface area contributed by atoms with Crippen molar-refractivity contribution < 1.29 is 0 Å². The second-order valence-corrected chi connectivity index (χ2v) is 3.60. The van der Waals surface area contributed by atoms with Crippen LogP contribution in [-0.2, 0) is 6.54 Å². The Hall–Kier alpha value is -2.17. The Morgan fingerprint density at radius 3 is 3.00 bits per heavy atom. The Balaban J connectivity index is 2.34. The summed E-state index contributed by atoms with van der Waals surface area (Å²) in [6.07, 6.45) is 3.49. The fourth-order valence-corrected chi connectivity index (χ4v) is 1.49. The molecule has 5 nitrogen and oxygen atoms in total. The first-order valence-electron chi connectivity index (χ1n) is 4.94. The molecule has 2 aromatic rings. The van der Waals surface area contributed by atoms with E-state index in [2.05, 4.69) is 10.1 Å². The van der Waals surface area contributed by atoms with Gasteiger partial charge in [-0.3, -0.25) is 15.1 Å². The average Bonchev–Trinajstić information content (AvgIpc) is 2.61. The van der Waals surface area contributed by atoms with E-state index in [9.17, 15) is 0 Å². The van der Waals surface area contributed by atoms with Gasteiger partial charge in [-0.1, -0.05) is 0 Å². The molecule has 2 heterocycles. The van der Waals surface area contributed by atoms with Crippen molar-refractivity contribution in [2.45, 2.75) is 13.5 Å². The molecule has 0 amide bonds. The molecule has 2 aromatic heterocycles. The molecule has 0 unspecified atom stereocenters. The van der Waals surface area contributed by atoms with Crippen LogP contribution in [0.2, 0.25) is 0 Å². The van der Waals surface area contributed by atoms with E-state index in [1.54, 1.807) is 17.1 Å². The number of hydrogen-bond acceptors (Lipinski definition) is 3. The molecule has 0 spiro atoms. The standard InChI is InChI=1S/C11H13N5/c1-8-5-10(9-3-2-4-14-6-9)15-16(8)7-11(12)13/h2-6H,7H2,1H3,(H3,12,13). The number of nitrogens with zero attached hydrogens (tertiary/aromatic N) is 3. The van der Waals surface area contributed by atoms with Crippen LogP contribution in [0, 0.1) is 12.3 Å². The van der Waals surface area contributed by atoms with Crippen molar-refractivity contribution in [2.24, 2.45) is 5.73 Å². The molecule has 0 atom stereocenters. The van der Waals surface area contributed by atoms with E-state index in [1.807, 2.05) is 25.1 Å². The highest BCUT2D eigenvalue weighted by Crippen LogP contribution is 2.17. The SMILES string of the molecule is Cc1cc(-c2cccnc2)nn1CC(=N)N. The molecule has 0 aliphatic carbocycles. The summed E-state index contributed by atoms with van der Waals surface area (Å²) < 4.78 is 1.71. The van der Waals surface area contributed by atoms with Crippen molar-refractivity contribution >= 4 is 5.84 Å². The topological polar surface area (TPSA) is 80.6 Å². The minimum atomic E-state index is 0.101. The molecule has 0 saturated carbocycles. The molecule has 0 saturated heterocycles. The zero-order chi connectivity index (χ0) is 11.5. The molecule has 0 aliphatic heterocycles. The first-order valence-corrected chi connectivity index (χ1v) is 4.94. The Kier molecular flexibility index (Phi) is 2.68. The van der Waals surface area contributed by atoms with Crippen LogP contribution in [0.4, 0.5) is 0 Å². The van der Waals surface area contributed by atoms with E-state index in [4.69, 9.17) is 11.1 Å². The summed E-state index contributed by atoms with van der Waals surface area (Å²) >= 11 is 0. The number of hydrogen-bond donors (Lipinski definition) is 2. The maximum Gasteiger partial charge on any atom is 0.113 e. The van der Waals surface area contributed by atoms with E-state index >= 15 is 0 Å². The molecule has 0 radical (unpaired) electrons. The predicted molar refractivity (Wildman–Crippen MR) is 62.1 cm³/mol. The van der Waals surface area contributed by atoms with E-state index in [0.29, 0.717) is 6.54 Å². The summed E-state index contributed by atoms with van der Waals surface area (Å²) in [4.78, 5) is 4.04. The van der Waals surface area contributed by atoms with Crippen LogP contribution in [-0.4, -0.2) is 20.6 Å². The van der Waals surface area contributed by atoms with Gasteiger partial charge in [0, 0.05) is 23.7 Å². The smallest absolute Gasteiger partial charge is 0.113 e. The van der Waals surface area contributed by atoms with Gasteiger partial charge in [-0.05, 0) is 25.1 Å². The van der Waals surface area contributed by atoms with E-state index in [0.717, 1.165) is 17.0 Å². The molecule has 0 fully saturated rings. The molecule has 5 heteroatoms. The third-order valence-corrected chi connectivity index (χ3v) is 2.26. The van der Waals surface area contributed by atoms with Crippen LogP contribution < -0.4 is 5.73 Å². The first-order chi connectivity index (χ1) is 7.66. The highest BCUT2D eigenvalue weighted by Gasteiger charge is 2.06. The minimum absolute atomic E-state index is 0.101. The molecule has 82 valence electrons. The number of rotatable bonds is 3. The van der Waals surface area contributed by atoms with Gasteiger partial charge in [-0.15, -0.1) is 0 Å². The lowest BCUT2D eigenvalue weighted by Crippen LogP contribution is -2.19. The Labute approximate surface area is 93.4 Å².